The van der Waals surface area contributed by atoms with Gasteiger partial charge in [-0.05, 0) is 0 Å². The second-order valence-corrected chi connectivity index (χ2v) is 2.10. The van der Waals surface area contributed by atoms with Crippen molar-refractivity contribution in [2.45, 2.75) is 0 Å². The van der Waals surface area contributed by atoms with Crippen molar-refractivity contribution in [1.29, 1.82) is 0 Å². The molecule has 0 aliphatic heterocycles. The molecule has 0 amide bonds. The van der Waals surface area contributed by atoms with E-state index in [1.807, 2.05) is 4.98 Å². The summed E-state index contributed by atoms with van der Waals surface area (Å²) in [5, 5.41) is 8.21. The molecule has 0 radical (unpaired) electrons. The summed E-state index contributed by atoms with van der Waals surface area (Å²) < 4.78 is 0.634. The molecule has 0 aromatic carbocycles. The van der Waals surface area contributed by atoms with Crippen LogP contribution >= 0.6 is 0 Å². The van der Waals surface area contributed by atoms with Gasteiger partial charge in [-0.1, -0.05) is 0 Å². The second-order valence-electron chi connectivity index (χ2n) is 2.10. The van der Waals surface area contributed by atoms with Crippen LogP contribution < -0.4 is 16.1 Å². The lowest BCUT2D eigenvalue weighted by molar-refractivity contribution is -0.142. The first-order chi connectivity index (χ1) is 6.09. The Morgan fingerprint density at radius 2 is 2.31 bits per heavy atom. The Labute approximate surface area is 71.2 Å². The Morgan fingerprint density at radius 1 is 1.62 bits per heavy atom. The van der Waals surface area contributed by atoms with Crippen molar-refractivity contribution in [3.8, 4) is 0 Å². The summed E-state index contributed by atoms with van der Waals surface area (Å²) in [7, 11) is 0. The number of aromatic amines is 1. The van der Waals surface area contributed by atoms with Gasteiger partial charge in [0.15, 0.2) is 0 Å². The van der Waals surface area contributed by atoms with Crippen LogP contribution in [0.1, 0.15) is 0 Å². The summed E-state index contributed by atoms with van der Waals surface area (Å²) >= 11 is 0. The molecule has 1 rings (SSSR count). The molecule has 0 aliphatic rings. The van der Waals surface area contributed by atoms with Gasteiger partial charge in [-0.25, -0.2) is 9.59 Å². The molecule has 1 heterocycles. The molecule has 0 spiro atoms. The largest absolute Gasteiger partial charge is 0.479 e. The number of carbonyl (C=O) groups is 1. The molecule has 0 unspecified atom stereocenters. The number of hydrogen-bond donors (Lipinski definition) is 2. The zero-order valence-electron chi connectivity index (χ0n) is 6.39. The van der Waals surface area contributed by atoms with Gasteiger partial charge in [0.25, 0.3) is 5.56 Å². The summed E-state index contributed by atoms with van der Waals surface area (Å²) in [6.07, 6.45) is 1.05. The summed E-state index contributed by atoms with van der Waals surface area (Å²) in [5.74, 6) is -1.21. The van der Waals surface area contributed by atoms with Crippen molar-refractivity contribution in [2.24, 2.45) is 0 Å². The van der Waals surface area contributed by atoms with Gasteiger partial charge in [0.05, 0.1) is 6.20 Å². The maximum atomic E-state index is 10.8. The molecule has 7 heteroatoms. The first kappa shape index (κ1) is 9.04. The lowest BCUT2D eigenvalue weighted by Crippen LogP contribution is -2.34. The highest BCUT2D eigenvalue weighted by Gasteiger charge is 1.99. The van der Waals surface area contributed by atoms with Crippen molar-refractivity contribution in [1.82, 2.24) is 9.71 Å². The van der Waals surface area contributed by atoms with E-state index in [9.17, 15) is 14.4 Å². The minimum absolute atomic E-state index is 0.569. The standard InChI is InChI=1S/C6H6N2O5/c9-4-1-2-8(6(12)7-4)13-3-5(10)11/h1-2H,3H2,(H,10,11)(H,7,9,12). The van der Waals surface area contributed by atoms with E-state index in [1.54, 1.807) is 0 Å². The topological polar surface area (TPSA) is 101 Å². The molecule has 1 aromatic heterocycles. The van der Waals surface area contributed by atoms with Gasteiger partial charge in [0.1, 0.15) is 0 Å². The van der Waals surface area contributed by atoms with E-state index in [4.69, 9.17) is 5.11 Å². The van der Waals surface area contributed by atoms with E-state index in [0.717, 1.165) is 12.3 Å². The van der Waals surface area contributed by atoms with E-state index in [2.05, 4.69) is 4.84 Å². The van der Waals surface area contributed by atoms with Gasteiger partial charge in [-0.2, -0.15) is 0 Å². The maximum absolute atomic E-state index is 10.8. The van der Waals surface area contributed by atoms with E-state index in [-0.39, 0.29) is 0 Å². The van der Waals surface area contributed by atoms with Gasteiger partial charge in [0, 0.05) is 6.07 Å². The SMILES string of the molecule is O=C(O)COn1ccc(=O)[nH]c1=O. The first-order valence-corrected chi connectivity index (χ1v) is 3.26. The summed E-state index contributed by atoms with van der Waals surface area (Å²) in [6.45, 7) is -0.647. The van der Waals surface area contributed by atoms with Gasteiger partial charge < -0.3 is 9.94 Å². The number of rotatable bonds is 3. The van der Waals surface area contributed by atoms with Crippen LogP contribution in [0.15, 0.2) is 21.9 Å². The Bertz CT molecular complexity index is 418. The third kappa shape index (κ3) is 2.47. The first-order valence-electron chi connectivity index (χ1n) is 3.26. The number of aliphatic carboxylic acids is 1. The fourth-order valence-electron chi connectivity index (χ4n) is 0.632. The number of nitrogens with zero attached hydrogens (tertiary/aromatic N) is 1. The monoisotopic (exact) mass is 186 g/mol. The summed E-state index contributed by atoms with van der Waals surface area (Å²) in [5.41, 5.74) is -1.38. The molecule has 0 saturated carbocycles. The number of H-pyrrole nitrogens is 1. The summed E-state index contributed by atoms with van der Waals surface area (Å²) in [4.78, 5) is 37.8. The highest BCUT2D eigenvalue weighted by molar-refractivity contribution is 5.68. The van der Waals surface area contributed by atoms with Crippen molar-refractivity contribution in [3.63, 3.8) is 0 Å². The second kappa shape index (κ2) is 3.57. The minimum Gasteiger partial charge on any atom is -0.479 e. The van der Waals surface area contributed by atoms with Crippen molar-refractivity contribution in [2.75, 3.05) is 6.61 Å². The van der Waals surface area contributed by atoms with Crippen LogP contribution in [-0.2, 0) is 4.79 Å². The molecule has 13 heavy (non-hydrogen) atoms. The van der Waals surface area contributed by atoms with Gasteiger partial charge in [-0.3, -0.25) is 9.78 Å². The van der Waals surface area contributed by atoms with Crippen LogP contribution in [0.5, 0.6) is 0 Å². The molecule has 0 saturated heterocycles. The van der Waals surface area contributed by atoms with E-state index < -0.39 is 23.8 Å². The average Bonchev–Trinajstić information content (AvgIpc) is 2.02. The molecule has 1 aromatic rings. The normalized spacial score (nSPS) is 9.54. The highest BCUT2D eigenvalue weighted by atomic mass is 16.7. The number of carboxylic acid groups (broad SMARTS) is 1. The minimum atomic E-state index is -1.21. The maximum Gasteiger partial charge on any atom is 0.361 e. The third-order valence-electron chi connectivity index (χ3n) is 1.12. The van der Waals surface area contributed by atoms with Gasteiger partial charge >= 0.3 is 11.7 Å². The lowest BCUT2D eigenvalue weighted by atomic mass is 10.7. The molecule has 0 atom stereocenters. The Kier molecular flexibility index (Phi) is 2.48. The highest BCUT2D eigenvalue weighted by Crippen LogP contribution is 1.70. The predicted octanol–water partition coefficient (Wildman–Crippen LogP) is -1.95. The van der Waals surface area contributed by atoms with Crippen molar-refractivity contribution in [3.05, 3.63) is 33.1 Å². The molecule has 0 aliphatic carbocycles. The predicted molar refractivity (Wildman–Crippen MR) is 40.4 cm³/mol. The van der Waals surface area contributed by atoms with E-state index in [1.165, 1.54) is 0 Å². The number of carboxylic acids is 1. The molecule has 0 bridgehead atoms. The van der Waals surface area contributed by atoms with Crippen LogP contribution in [0.2, 0.25) is 0 Å². The average molecular weight is 186 g/mol. The van der Waals surface area contributed by atoms with Crippen LogP contribution in [-0.4, -0.2) is 27.4 Å². The molecular weight excluding hydrogens is 180 g/mol. The fraction of sp³-hybridized carbons (Fsp3) is 0.167. The van der Waals surface area contributed by atoms with Crippen LogP contribution in [0.3, 0.4) is 0 Å². The Morgan fingerprint density at radius 3 is 2.85 bits per heavy atom. The smallest absolute Gasteiger partial charge is 0.361 e. The lowest BCUT2D eigenvalue weighted by Gasteiger charge is -2.02. The number of nitrogens with one attached hydrogen (secondary N) is 1. The van der Waals surface area contributed by atoms with E-state index in [0.29, 0.717) is 4.73 Å². The quantitative estimate of drug-likeness (QED) is 0.571. The van der Waals surface area contributed by atoms with Gasteiger partial charge in [-0.15, -0.1) is 4.73 Å². The van der Waals surface area contributed by atoms with Crippen molar-refractivity contribution < 1.29 is 14.7 Å². The fourth-order valence-corrected chi connectivity index (χ4v) is 0.632. The van der Waals surface area contributed by atoms with Crippen LogP contribution in [0, 0.1) is 0 Å². The Balaban J connectivity index is 2.84. The molecule has 0 fully saturated rings. The third-order valence-corrected chi connectivity index (χ3v) is 1.12. The van der Waals surface area contributed by atoms with Crippen molar-refractivity contribution >= 4 is 5.97 Å². The van der Waals surface area contributed by atoms with Crippen LogP contribution in [0.4, 0.5) is 0 Å². The number of hydrogen-bond acceptors (Lipinski definition) is 4. The molecular formula is C6H6N2O5. The Hall–Kier alpha value is -2.05. The molecule has 2 N–H and O–H groups in total. The van der Waals surface area contributed by atoms with Gasteiger partial charge in [0.2, 0.25) is 6.61 Å². The zero-order chi connectivity index (χ0) is 9.84. The number of aromatic nitrogens is 2. The van der Waals surface area contributed by atoms with Crippen LogP contribution in [0.25, 0.3) is 0 Å². The summed E-state index contributed by atoms with van der Waals surface area (Å²) in [6, 6.07) is 1.04. The zero-order valence-corrected chi connectivity index (χ0v) is 6.39. The molecule has 70 valence electrons. The van der Waals surface area contributed by atoms with E-state index >= 15 is 0 Å². The molecule has 7 nitrogen and oxygen atoms in total.